The molecule has 1 aliphatic carbocycles. The summed E-state index contributed by atoms with van der Waals surface area (Å²) >= 11 is 0. The number of nitrogens with one attached hydrogen (secondary N) is 1. The van der Waals surface area contributed by atoms with E-state index in [9.17, 15) is 9.90 Å². The van der Waals surface area contributed by atoms with E-state index in [1.165, 1.54) is 12.8 Å². The van der Waals surface area contributed by atoms with Gasteiger partial charge in [0.1, 0.15) is 12.4 Å². The van der Waals surface area contributed by atoms with Crippen LogP contribution in [-0.4, -0.2) is 68.0 Å². The lowest BCUT2D eigenvalue weighted by Crippen LogP contribution is -2.49. The lowest BCUT2D eigenvalue weighted by atomic mass is 10.1. The number of carbonyl (C=O) groups is 1. The van der Waals surface area contributed by atoms with E-state index >= 15 is 0 Å². The van der Waals surface area contributed by atoms with E-state index in [0.29, 0.717) is 24.5 Å². The summed E-state index contributed by atoms with van der Waals surface area (Å²) in [6.07, 6.45) is 3.86. The Hall–Kier alpha value is -1.63. The van der Waals surface area contributed by atoms with Crippen LogP contribution in [0, 0.1) is 5.92 Å². The molecule has 0 radical (unpaired) electrons. The molecule has 3 rings (SSSR count). The maximum Gasteiger partial charge on any atom is 0.251 e. The molecule has 0 bridgehead atoms. The average molecular weight is 362 g/mol. The number of methoxy groups -OCH3 is 1. The van der Waals surface area contributed by atoms with Gasteiger partial charge in [0, 0.05) is 25.8 Å². The molecule has 2 atom stereocenters. The number of nitrogens with zero attached hydrogens (tertiary/aromatic N) is 1. The predicted octanol–water partition coefficient (Wildman–Crippen LogP) is 1.68. The monoisotopic (exact) mass is 362 g/mol. The second kappa shape index (κ2) is 9.35. The third-order valence-electron chi connectivity index (χ3n) is 5.10. The number of carbonyl (C=O) groups excluding carboxylic acids is 1. The van der Waals surface area contributed by atoms with Gasteiger partial charge in [-0.25, -0.2) is 0 Å². The van der Waals surface area contributed by atoms with Crippen molar-refractivity contribution in [3.63, 3.8) is 0 Å². The Labute approximate surface area is 155 Å². The molecule has 0 spiro atoms. The van der Waals surface area contributed by atoms with Crippen molar-refractivity contribution in [2.45, 2.75) is 37.8 Å². The smallest absolute Gasteiger partial charge is 0.251 e. The Kier molecular flexibility index (Phi) is 6.88. The molecule has 1 aromatic carbocycles. The van der Waals surface area contributed by atoms with Crippen LogP contribution >= 0.6 is 0 Å². The summed E-state index contributed by atoms with van der Waals surface area (Å²) in [5, 5.41) is 13.4. The summed E-state index contributed by atoms with van der Waals surface area (Å²) in [5.74, 6) is 1.38. The molecular formula is C20H30N2O4. The van der Waals surface area contributed by atoms with Gasteiger partial charge in [-0.1, -0.05) is 0 Å². The number of hydrogen-bond acceptors (Lipinski definition) is 5. The van der Waals surface area contributed by atoms with Gasteiger partial charge in [0.05, 0.1) is 18.8 Å². The summed E-state index contributed by atoms with van der Waals surface area (Å²) < 4.78 is 10.5. The van der Waals surface area contributed by atoms with Crippen molar-refractivity contribution in [3.05, 3.63) is 29.8 Å². The molecule has 6 nitrogen and oxygen atoms in total. The van der Waals surface area contributed by atoms with E-state index in [2.05, 4.69) is 10.2 Å². The molecule has 2 aliphatic rings. The van der Waals surface area contributed by atoms with Gasteiger partial charge in [0.2, 0.25) is 0 Å². The van der Waals surface area contributed by atoms with E-state index in [0.717, 1.165) is 38.4 Å². The number of aliphatic hydroxyl groups excluding tert-OH is 1. The molecule has 144 valence electrons. The molecule has 1 aromatic rings. The van der Waals surface area contributed by atoms with E-state index in [1.807, 2.05) is 0 Å². The topological polar surface area (TPSA) is 71.0 Å². The first-order chi connectivity index (χ1) is 12.7. The summed E-state index contributed by atoms with van der Waals surface area (Å²) in [6, 6.07) is 6.85. The molecule has 1 aliphatic heterocycles. The number of rotatable bonds is 8. The molecule has 26 heavy (non-hydrogen) atoms. The third kappa shape index (κ3) is 5.69. The highest BCUT2D eigenvalue weighted by Gasteiger charge is 2.30. The zero-order valence-corrected chi connectivity index (χ0v) is 15.5. The first-order valence-corrected chi connectivity index (χ1v) is 9.59. The number of amides is 1. The summed E-state index contributed by atoms with van der Waals surface area (Å²) in [7, 11) is 1.63. The first-order valence-electron chi connectivity index (χ1n) is 9.59. The number of benzene rings is 1. The van der Waals surface area contributed by atoms with Gasteiger partial charge in [-0.3, -0.25) is 4.79 Å². The normalized spacial score (nSPS) is 24.1. The van der Waals surface area contributed by atoms with Crippen LogP contribution in [0.2, 0.25) is 0 Å². The van der Waals surface area contributed by atoms with Gasteiger partial charge in [-0.2, -0.15) is 0 Å². The van der Waals surface area contributed by atoms with Crippen molar-refractivity contribution in [2.24, 2.45) is 5.92 Å². The Morgan fingerprint density at radius 3 is 2.69 bits per heavy atom. The quantitative estimate of drug-likeness (QED) is 0.689. The maximum absolute atomic E-state index is 12.6. The highest BCUT2D eigenvalue weighted by molar-refractivity contribution is 5.94. The van der Waals surface area contributed by atoms with Crippen LogP contribution in [0.4, 0.5) is 0 Å². The van der Waals surface area contributed by atoms with Crippen LogP contribution in [0.1, 0.15) is 36.0 Å². The molecule has 1 saturated carbocycles. The van der Waals surface area contributed by atoms with Crippen molar-refractivity contribution in [3.8, 4) is 5.75 Å². The minimum atomic E-state index is -0.486. The second-order valence-corrected chi connectivity index (χ2v) is 7.36. The van der Waals surface area contributed by atoms with Gasteiger partial charge in [-0.15, -0.1) is 0 Å². The predicted molar refractivity (Wildman–Crippen MR) is 99.5 cm³/mol. The number of aliphatic hydroxyl groups is 1. The molecule has 2 N–H and O–H groups in total. The fraction of sp³-hybridized carbons (Fsp3) is 0.650. The largest absolute Gasteiger partial charge is 0.491 e. The minimum Gasteiger partial charge on any atom is -0.491 e. The Bertz CT molecular complexity index is 574. The van der Waals surface area contributed by atoms with Crippen molar-refractivity contribution in [1.82, 2.24) is 10.2 Å². The molecule has 0 unspecified atom stereocenters. The van der Waals surface area contributed by atoms with Gasteiger partial charge in [-0.05, 0) is 62.4 Å². The summed E-state index contributed by atoms with van der Waals surface area (Å²) in [6.45, 7) is 3.83. The average Bonchev–Trinajstić information content (AvgIpc) is 3.46. The fourth-order valence-electron chi connectivity index (χ4n) is 3.39. The second-order valence-electron chi connectivity index (χ2n) is 7.36. The van der Waals surface area contributed by atoms with Crippen molar-refractivity contribution >= 4 is 5.91 Å². The van der Waals surface area contributed by atoms with Crippen LogP contribution in [0.25, 0.3) is 0 Å². The summed E-state index contributed by atoms with van der Waals surface area (Å²) in [4.78, 5) is 15.0. The summed E-state index contributed by atoms with van der Waals surface area (Å²) in [5.41, 5.74) is 0.578. The minimum absolute atomic E-state index is 0.147. The molecular weight excluding hydrogens is 332 g/mol. The molecule has 1 amide bonds. The van der Waals surface area contributed by atoms with E-state index in [-0.39, 0.29) is 11.9 Å². The number of ether oxygens (including phenoxy) is 2. The first kappa shape index (κ1) is 19.1. The maximum atomic E-state index is 12.6. The van der Waals surface area contributed by atoms with Crippen LogP contribution < -0.4 is 10.1 Å². The van der Waals surface area contributed by atoms with Crippen molar-refractivity contribution in [1.29, 1.82) is 0 Å². The van der Waals surface area contributed by atoms with Gasteiger partial charge in [0.25, 0.3) is 5.91 Å². The SMILES string of the molecule is COCCOc1ccc(C(=O)N[C@H]2CN(CC3CC3)CCC[C@H]2O)cc1. The Balaban J connectivity index is 1.54. The van der Waals surface area contributed by atoms with Crippen LogP contribution in [0.3, 0.4) is 0 Å². The van der Waals surface area contributed by atoms with E-state index in [4.69, 9.17) is 9.47 Å². The lowest BCUT2D eigenvalue weighted by Gasteiger charge is -2.27. The van der Waals surface area contributed by atoms with Crippen LogP contribution in [0.5, 0.6) is 5.75 Å². The highest BCUT2D eigenvalue weighted by atomic mass is 16.5. The van der Waals surface area contributed by atoms with Crippen molar-refractivity contribution < 1.29 is 19.4 Å². The van der Waals surface area contributed by atoms with Crippen LogP contribution in [0.15, 0.2) is 24.3 Å². The van der Waals surface area contributed by atoms with Crippen molar-refractivity contribution in [2.75, 3.05) is 40.0 Å². The fourth-order valence-corrected chi connectivity index (χ4v) is 3.39. The zero-order valence-electron chi connectivity index (χ0n) is 15.5. The zero-order chi connectivity index (χ0) is 18.4. The van der Waals surface area contributed by atoms with Crippen LogP contribution in [-0.2, 0) is 4.74 Å². The molecule has 0 aromatic heterocycles. The van der Waals surface area contributed by atoms with Gasteiger partial charge >= 0.3 is 0 Å². The van der Waals surface area contributed by atoms with Gasteiger partial charge in [0.15, 0.2) is 0 Å². The molecule has 1 saturated heterocycles. The van der Waals surface area contributed by atoms with E-state index < -0.39 is 6.10 Å². The van der Waals surface area contributed by atoms with E-state index in [1.54, 1.807) is 31.4 Å². The Morgan fingerprint density at radius 1 is 1.23 bits per heavy atom. The highest BCUT2D eigenvalue weighted by Crippen LogP contribution is 2.30. The lowest BCUT2D eigenvalue weighted by molar-refractivity contribution is 0.0799. The number of hydrogen-bond donors (Lipinski definition) is 2. The molecule has 6 heteroatoms. The molecule has 1 heterocycles. The van der Waals surface area contributed by atoms with Gasteiger partial charge < -0.3 is 24.8 Å². The number of likely N-dealkylation sites (tertiary alicyclic amines) is 1. The molecule has 2 fully saturated rings. The standard InChI is InChI=1S/C20H30N2O4/c1-25-11-12-26-17-8-6-16(7-9-17)20(24)21-18-14-22(13-15-4-5-15)10-2-3-19(18)23/h6-9,15,18-19,23H,2-5,10-14H2,1H3,(H,21,24)/t18-,19+/m0/s1. The Morgan fingerprint density at radius 2 is 2.00 bits per heavy atom. The third-order valence-corrected chi connectivity index (χ3v) is 5.10.